The fourth-order valence-corrected chi connectivity index (χ4v) is 1.17. The molecule has 2 amide bonds. The number of carbonyl (C=O) groups is 3. The Kier molecular flexibility index (Phi) is 6.14. The molecule has 0 bridgehead atoms. The Morgan fingerprint density at radius 3 is 2.38 bits per heavy atom. The highest BCUT2D eigenvalue weighted by Crippen LogP contribution is 1.95. The molecular formula is C10H18N2O4. The van der Waals surface area contributed by atoms with E-state index in [9.17, 15) is 14.4 Å². The minimum absolute atomic E-state index is 0.144. The Labute approximate surface area is 94.9 Å². The largest absolute Gasteiger partial charge is 0.469 e. The quantitative estimate of drug-likeness (QED) is 0.648. The molecule has 0 heterocycles. The Morgan fingerprint density at radius 2 is 1.94 bits per heavy atom. The van der Waals surface area contributed by atoms with Gasteiger partial charge >= 0.3 is 5.97 Å². The van der Waals surface area contributed by atoms with Crippen molar-refractivity contribution in [1.29, 1.82) is 0 Å². The predicted molar refractivity (Wildman–Crippen MR) is 57.5 cm³/mol. The fraction of sp³-hybridized carbons (Fsp3) is 0.700. The van der Waals surface area contributed by atoms with Crippen molar-refractivity contribution >= 4 is 17.8 Å². The molecular weight excluding hydrogens is 212 g/mol. The SMILES string of the molecule is COC(=O)CCN(C)C(=O)C(C)NC(C)=O. The Bertz CT molecular complexity index is 278. The molecule has 0 spiro atoms. The number of carbonyl (C=O) groups excluding carboxylic acids is 3. The number of ether oxygens (including phenoxy) is 1. The summed E-state index contributed by atoms with van der Waals surface area (Å²) < 4.78 is 4.46. The van der Waals surface area contributed by atoms with Gasteiger partial charge in [0.25, 0.3) is 0 Å². The maximum absolute atomic E-state index is 11.6. The lowest BCUT2D eigenvalue weighted by atomic mass is 10.2. The van der Waals surface area contributed by atoms with E-state index < -0.39 is 6.04 Å². The number of nitrogens with one attached hydrogen (secondary N) is 1. The highest BCUT2D eigenvalue weighted by atomic mass is 16.5. The van der Waals surface area contributed by atoms with Gasteiger partial charge in [0.15, 0.2) is 0 Å². The van der Waals surface area contributed by atoms with Gasteiger partial charge in [0.1, 0.15) is 6.04 Å². The number of likely N-dealkylation sites (N-methyl/N-ethyl adjacent to an activating group) is 1. The van der Waals surface area contributed by atoms with Gasteiger partial charge in [-0.25, -0.2) is 0 Å². The summed E-state index contributed by atoms with van der Waals surface area (Å²) in [5.41, 5.74) is 0. The summed E-state index contributed by atoms with van der Waals surface area (Å²) in [4.78, 5) is 34.6. The Hall–Kier alpha value is -1.59. The van der Waals surface area contributed by atoms with Crippen LogP contribution >= 0.6 is 0 Å². The van der Waals surface area contributed by atoms with E-state index in [1.807, 2.05) is 0 Å². The minimum atomic E-state index is -0.583. The summed E-state index contributed by atoms with van der Waals surface area (Å²) >= 11 is 0. The maximum Gasteiger partial charge on any atom is 0.307 e. The second-order valence-corrected chi connectivity index (χ2v) is 3.51. The number of amides is 2. The van der Waals surface area contributed by atoms with Crippen LogP contribution in [0.2, 0.25) is 0 Å². The number of nitrogens with zero attached hydrogens (tertiary/aromatic N) is 1. The molecule has 0 aliphatic rings. The second kappa shape index (κ2) is 6.81. The number of methoxy groups -OCH3 is 1. The molecule has 0 aromatic heterocycles. The molecule has 0 saturated carbocycles. The lowest BCUT2D eigenvalue weighted by Gasteiger charge is -2.21. The first-order valence-corrected chi connectivity index (χ1v) is 4.97. The lowest BCUT2D eigenvalue weighted by Crippen LogP contribution is -2.45. The van der Waals surface area contributed by atoms with Gasteiger partial charge in [-0.2, -0.15) is 0 Å². The van der Waals surface area contributed by atoms with Crippen molar-refractivity contribution in [2.75, 3.05) is 20.7 Å². The Balaban J connectivity index is 4.07. The van der Waals surface area contributed by atoms with Crippen LogP contribution in [0.15, 0.2) is 0 Å². The van der Waals surface area contributed by atoms with Crippen molar-refractivity contribution in [3.8, 4) is 0 Å². The molecule has 6 heteroatoms. The van der Waals surface area contributed by atoms with E-state index in [4.69, 9.17) is 0 Å². The zero-order chi connectivity index (χ0) is 12.7. The zero-order valence-electron chi connectivity index (χ0n) is 10.1. The van der Waals surface area contributed by atoms with E-state index >= 15 is 0 Å². The lowest BCUT2D eigenvalue weighted by molar-refractivity contribution is -0.142. The van der Waals surface area contributed by atoms with Crippen molar-refractivity contribution in [3.63, 3.8) is 0 Å². The van der Waals surface area contributed by atoms with Crippen LogP contribution in [0.5, 0.6) is 0 Å². The summed E-state index contributed by atoms with van der Waals surface area (Å²) in [5.74, 6) is -0.867. The summed E-state index contributed by atoms with van der Waals surface area (Å²) in [6, 6.07) is -0.583. The smallest absolute Gasteiger partial charge is 0.307 e. The first-order valence-electron chi connectivity index (χ1n) is 4.97. The van der Waals surface area contributed by atoms with E-state index in [1.165, 1.54) is 18.9 Å². The first kappa shape index (κ1) is 14.4. The monoisotopic (exact) mass is 230 g/mol. The van der Waals surface area contributed by atoms with Gasteiger partial charge < -0.3 is 15.0 Å². The van der Waals surface area contributed by atoms with Crippen LogP contribution in [0.4, 0.5) is 0 Å². The first-order chi connectivity index (χ1) is 7.38. The molecule has 0 fully saturated rings. The van der Waals surface area contributed by atoms with Gasteiger partial charge in [0.05, 0.1) is 13.5 Å². The normalized spacial score (nSPS) is 11.5. The molecule has 0 aliphatic heterocycles. The fourth-order valence-electron chi connectivity index (χ4n) is 1.17. The molecule has 1 unspecified atom stereocenters. The number of esters is 1. The molecule has 1 atom stereocenters. The number of hydrogen-bond donors (Lipinski definition) is 1. The zero-order valence-corrected chi connectivity index (χ0v) is 10.1. The van der Waals surface area contributed by atoms with E-state index in [0.717, 1.165) is 0 Å². The van der Waals surface area contributed by atoms with Crippen LogP contribution in [-0.2, 0) is 19.1 Å². The third kappa shape index (κ3) is 5.33. The molecule has 16 heavy (non-hydrogen) atoms. The van der Waals surface area contributed by atoms with Crippen molar-refractivity contribution in [2.45, 2.75) is 26.3 Å². The third-order valence-electron chi connectivity index (χ3n) is 2.05. The maximum atomic E-state index is 11.6. The summed E-state index contributed by atoms with van der Waals surface area (Å²) in [6.45, 7) is 3.21. The molecule has 0 rings (SSSR count). The van der Waals surface area contributed by atoms with Gasteiger partial charge in [-0.1, -0.05) is 0 Å². The topological polar surface area (TPSA) is 75.7 Å². The van der Waals surface area contributed by atoms with Crippen molar-refractivity contribution in [3.05, 3.63) is 0 Å². The average molecular weight is 230 g/mol. The van der Waals surface area contributed by atoms with Gasteiger partial charge in [0.2, 0.25) is 11.8 Å². The van der Waals surface area contributed by atoms with Gasteiger partial charge in [-0.05, 0) is 6.92 Å². The van der Waals surface area contributed by atoms with Gasteiger partial charge in [-0.15, -0.1) is 0 Å². The molecule has 6 nitrogen and oxygen atoms in total. The van der Waals surface area contributed by atoms with Crippen molar-refractivity contribution < 1.29 is 19.1 Å². The average Bonchev–Trinajstić information content (AvgIpc) is 2.23. The molecule has 0 aromatic rings. The van der Waals surface area contributed by atoms with E-state index in [2.05, 4.69) is 10.1 Å². The molecule has 0 aliphatic carbocycles. The van der Waals surface area contributed by atoms with E-state index in [0.29, 0.717) is 0 Å². The van der Waals surface area contributed by atoms with Crippen LogP contribution in [0.1, 0.15) is 20.3 Å². The number of hydrogen-bond acceptors (Lipinski definition) is 4. The van der Waals surface area contributed by atoms with E-state index in [1.54, 1.807) is 14.0 Å². The molecule has 0 aromatic carbocycles. The van der Waals surface area contributed by atoms with Crippen LogP contribution in [0.3, 0.4) is 0 Å². The van der Waals surface area contributed by atoms with Crippen LogP contribution in [-0.4, -0.2) is 49.4 Å². The van der Waals surface area contributed by atoms with Crippen LogP contribution in [0, 0.1) is 0 Å². The molecule has 1 N–H and O–H groups in total. The standard InChI is InChI=1S/C10H18N2O4/c1-7(11-8(2)13)10(15)12(3)6-5-9(14)16-4/h7H,5-6H2,1-4H3,(H,11,13). The summed E-state index contributed by atoms with van der Waals surface area (Å²) in [6.07, 6.45) is 0.144. The van der Waals surface area contributed by atoms with Crippen LogP contribution in [0.25, 0.3) is 0 Å². The third-order valence-corrected chi connectivity index (χ3v) is 2.05. The summed E-state index contributed by atoms with van der Waals surface area (Å²) in [7, 11) is 2.87. The summed E-state index contributed by atoms with van der Waals surface area (Å²) in [5, 5.41) is 2.48. The molecule has 92 valence electrons. The van der Waals surface area contributed by atoms with Crippen LogP contribution < -0.4 is 5.32 Å². The Morgan fingerprint density at radius 1 is 1.38 bits per heavy atom. The second-order valence-electron chi connectivity index (χ2n) is 3.51. The van der Waals surface area contributed by atoms with Crippen molar-refractivity contribution in [1.82, 2.24) is 10.2 Å². The molecule has 0 saturated heterocycles. The van der Waals surface area contributed by atoms with Gasteiger partial charge in [0, 0.05) is 20.5 Å². The van der Waals surface area contributed by atoms with E-state index in [-0.39, 0.29) is 30.7 Å². The van der Waals surface area contributed by atoms with Crippen molar-refractivity contribution in [2.24, 2.45) is 0 Å². The molecule has 0 radical (unpaired) electrons. The number of rotatable bonds is 5. The highest BCUT2D eigenvalue weighted by Gasteiger charge is 2.18. The predicted octanol–water partition coefficient (Wildman–Crippen LogP) is -0.468. The highest BCUT2D eigenvalue weighted by molar-refractivity contribution is 5.86. The van der Waals surface area contributed by atoms with Gasteiger partial charge in [-0.3, -0.25) is 14.4 Å². The minimum Gasteiger partial charge on any atom is -0.469 e.